The number of piperazine rings is 1. The van der Waals surface area contributed by atoms with Crippen molar-refractivity contribution in [2.45, 2.75) is 6.92 Å². The van der Waals surface area contributed by atoms with E-state index in [2.05, 4.69) is 29.7 Å². The molecule has 110 valence electrons. The van der Waals surface area contributed by atoms with Crippen LogP contribution in [0, 0.1) is 6.92 Å². The molecule has 1 fully saturated rings. The molecule has 0 spiro atoms. The lowest BCUT2D eigenvalue weighted by atomic mass is 10.2. The number of nitrogen functional groups attached to an aromatic ring is 2. The van der Waals surface area contributed by atoms with Crippen molar-refractivity contribution in [3.63, 3.8) is 0 Å². The highest BCUT2D eigenvalue weighted by Gasteiger charge is 2.20. The summed E-state index contributed by atoms with van der Waals surface area (Å²) >= 11 is 0. The summed E-state index contributed by atoms with van der Waals surface area (Å²) in [5.74, 6) is 1.41. The van der Waals surface area contributed by atoms with Gasteiger partial charge in [-0.1, -0.05) is 0 Å². The summed E-state index contributed by atoms with van der Waals surface area (Å²) in [4.78, 5) is 20.9. The lowest BCUT2D eigenvalue weighted by Crippen LogP contribution is -2.47. The molecule has 1 saturated heterocycles. The van der Waals surface area contributed by atoms with Crippen LogP contribution in [-0.2, 0) is 0 Å². The summed E-state index contributed by atoms with van der Waals surface area (Å²) in [6.07, 6.45) is 5.40. The predicted molar refractivity (Wildman–Crippen MR) is 82.1 cm³/mol. The Hall–Kier alpha value is -2.64. The summed E-state index contributed by atoms with van der Waals surface area (Å²) in [6, 6.07) is 0. The van der Waals surface area contributed by atoms with Crippen LogP contribution < -0.4 is 21.3 Å². The minimum atomic E-state index is 0.201. The van der Waals surface area contributed by atoms with Crippen LogP contribution >= 0.6 is 0 Å². The third-order valence-electron chi connectivity index (χ3n) is 3.57. The SMILES string of the molecule is Cc1ncc(N2CCN(c3cnc(N)nc3N)CC2)cn1. The second-order valence-corrected chi connectivity index (χ2v) is 4.96. The molecule has 4 N–H and O–H groups in total. The van der Waals surface area contributed by atoms with E-state index in [1.807, 2.05) is 19.3 Å². The van der Waals surface area contributed by atoms with Crippen molar-refractivity contribution < 1.29 is 0 Å². The van der Waals surface area contributed by atoms with Crippen molar-refractivity contribution in [3.05, 3.63) is 24.4 Å². The van der Waals surface area contributed by atoms with Crippen LogP contribution in [0.15, 0.2) is 18.6 Å². The van der Waals surface area contributed by atoms with E-state index in [0.717, 1.165) is 43.4 Å². The average molecular weight is 286 g/mol. The summed E-state index contributed by atoms with van der Waals surface area (Å²) in [6.45, 7) is 5.30. The predicted octanol–water partition coefficient (Wildman–Crippen LogP) is 0.0660. The summed E-state index contributed by atoms with van der Waals surface area (Å²) < 4.78 is 0. The number of anilines is 4. The molecule has 1 aliphatic heterocycles. The Labute approximate surface area is 122 Å². The molecule has 0 bridgehead atoms. The van der Waals surface area contributed by atoms with Crippen LogP contribution in [0.2, 0.25) is 0 Å². The van der Waals surface area contributed by atoms with Gasteiger partial charge in [-0.25, -0.2) is 15.0 Å². The van der Waals surface area contributed by atoms with Gasteiger partial charge in [0.25, 0.3) is 0 Å². The molecule has 8 heteroatoms. The summed E-state index contributed by atoms with van der Waals surface area (Å²) in [5.41, 5.74) is 13.3. The Morgan fingerprint density at radius 1 is 0.905 bits per heavy atom. The van der Waals surface area contributed by atoms with Gasteiger partial charge in [-0.15, -0.1) is 0 Å². The molecule has 0 aliphatic carbocycles. The highest BCUT2D eigenvalue weighted by Crippen LogP contribution is 2.23. The molecule has 0 atom stereocenters. The number of hydrogen-bond donors (Lipinski definition) is 2. The van der Waals surface area contributed by atoms with Gasteiger partial charge in [-0.3, -0.25) is 0 Å². The number of aromatic nitrogens is 4. The Bertz CT molecular complexity index is 619. The molecular formula is C13H18N8. The number of rotatable bonds is 2. The van der Waals surface area contributed by atoms with E-state index in [1.54, 1.807) is 6.20 Å². The zero-order chi connectivity index (χ0) is 14.8. The van der Waals surface area contributed by atoms with Gasteiger partial charge in [0.15, 0.2) is 5.82 Å². The lowest BCUT2D eigenvalue weighted by Gasteiger charge is -2.37. The van der Waals surface area contributed by atoms with Gasteiger partial charge in [0.1, 0.15) is 5.82 Å². The quantitative estimate of drug-likeness (QED) is 0.797. The first-order chi connectivity index (χ1) is 10.1. The number of nitrogens with zero attached hydrogens (tertiary/aromatic N) is 6. The smallest absolute Gasteiger partial charge is 0.222 e. The van der Waals surface area contributed by atoms with Crippen molar-refractivity contribution in [2.75, 3.05) is 47.4 Å². The minimum absolute atomic E-state index is 0.201. The van der Waals surface area contributed by atoms with Gasteiger partial charge in [0, 0.05) is 26.2 Å². The fourth-order valence-corrected chi connectivity index (χ4v) is 2.40. The van der Waals surface area contributed by atoms with E-state index in [9.17, 15) is 0 Å². The van der Waals surface area contributed by atoms with E-state index >= 15 is 0 Å². The molecule has 0 amide bonds. The van der Waals surface area contributed by atoms with Crippen LogP contribution in [0.5, 0.6) is 0 Å². The van der Waals surface area contributed by atoms with Crippen molar-refractivity contribution in [2.24, 2.45) is 0 Å². The van der Waals surface area contributed by atoms with E-state index in [0.29, 0.717) is 5.82 Å². The third-order valence-corrected chi connectivity index (χ3v) is 3.57. The topological polar surface area (TPSA) is 110 Å². The van der Waals surface area contributed by atoms with Crippen LogP contribution in [0.4, 0.5) is 23.1 Å². The maximum absolute atomic E-state index is 5.91. The van der Waals surface area contributed by atoms with Gasteiger partial charge in [-0.05, 0) is 6.92 Å². The second-order valence-electron chi connectivity index (χ2n) is 4.96. The van der Waals surface area contributed by atoms with Gasteiger partial charge in [0.2, 0.25) is 5.95 Å². The first-order valence-corrected chi connectivity index (χ1v) is 6.80. The molecule has 3 heterocycles. The van der Waals surface area contributed by atoms with Gasteiger partial charge in [0.05, 0.1) is 30.0 Å². The van der Waals surface area contributed by atoms with Crippen LogP contribution in [0.1, 0.15) is 5.82 Å². The van der Waals surface area contributed by atoms with E-state index in [4.69, 9.17) is 11.5 Å². The van der Waals surface area contributed by atoms with Gasteiger partial charge >= 0.3 is 0 Å². The van der Waals surface area contributed by atoms with E-state index in [-0.39, 0.29) is 5.95 Å². The Morgan fingerprint density at radius 2 is 1.52 bits per heavy atom. The molecule has 3 rings (SSSR count). The Kier molecular flexibility index (Phi) is 3.43. The molecule has 0 aromatic carbocycles. The van der Waals surface area contributed by atoms with Gasteiger partial charge < -0.3 is 21.3 Å². The number of hydrogen-bond acceptors (Lipinski definition) is 8. The Morgan fingerprint density at radius 3 is 2.14 bits per heavy atom. The summed E-state index contributed by atoms with van der Waals surface area (Å²) in [7, 11) is 0. The van der Waals surface area contributed by atoms with Crippen molar-refractivity contribution in [1.82, 2.24) is 19.9 Å². The highest BCUT2D eigenvalue weighted by molar-refractivity contribution is 5.64. The molecular weight excluding hydrogens is 268 g/mol. The molecule has 1 aliphatic rings. The molecule has 0 saturated carbocycles. The highest BCUT2D eigenvalue weighted by atomic mass is 15.3. The fraction of sp³-hybridized carbons (Fsp3) is 0.385. The monoisotopic (exact) mass is 286 g/mol. The van der Waals surface area contributed by atoms with E-state index in [1.165, 1.54) is 0 Å². The van der Waals surface area contributed by atoms with Gasteiger partial charge in [-0.2, -0.15) is 4.98 Å². The van der Waals surface area contributed by atoms with Crippen LogP contribution in [-0.4, -0.2) is 46.1 Å². The lowest BCUT2D eigenvalue weighted by molar-refractivity contribution is 0.650. The van der Waals surface area contributed by atoms with E-state index < -0.39 is 0 Å². The largest absolute Gasteiger partial charge is 0.382 e. The van der Waals surface area contributed by atoms with Crippen LogP contribution in [0.25, 0.3) is 0 Å². The van der Waals surface area contributed by atoms with Crippen molar-refractivity contribution >= 4 is 23.1 Å². The molecule has 2 aromatic heterocycles. The molecule has 0 radical (unpaired) electrons. The second kappa shape index (κ2) is 5.39. The minimum Gasteiger partial charge on any atom is -0.382 e. The Balaban J connectivity index is 1.68. The molecule has 21 heavy (non-hydrogen) atoms. The first kappa shape index (κ1) is 13.3. The molecule has 0 unspecified atom stereocenters. The van der Waals surface area contributed by atoms with Crippen molar-refractivity contribution in [1.29, 1.82) is 0 Å². The first-order valence-electron chi connectivity index (χ1n) is 6.80. The number of aryl methyl sites for hydroxylation is 1. The zero-order valence-electron chi connectivity index (χ0n) is 11.9. The normalized spacial score (nSPS) is 15.3. The summed E-state index contributed by atoms with van der Waals surface area (Å²) in [5, 5.41) is 0. The maximum atomic E-state index is 5.91. The maximum Gasteiger partial charge on any atom is 0.222 e. The molecule has 8 nitrogen and oxygen atoms in total. The number of nitrogens with two attached hydrogens (primary N) is 2. The molecule has 2 aromatic rings. The zero-order valence-corrected chi connectivity index (χ0v) is 11.9. The standard InChI is InChI=1S/C13H18N8/c1-9-16-6-10(7-17-9)20-2-4-21(5-3-20)11-8-18-13(15)19-12(11)14/h6-8H,2-5H2,1H3,(H4,14,15,18,19). The third kappa shape index (κ3) is 2.78. The van der Waals surface area contributed by atoms with Crippen LogP contribution in [0.3, 0.4) is 0 Å². The van der Waals surface area contributed by atoms with Crippen molar-refractivity contribution in [3.8, 4) is 0 Å². The average Bonchev–Trinajstić information content (AvgIpc) is 2.48. The fourth-order valence-electron chi connectivity index (χ4n) is 2.40.